The van der Waals surface area contributed by atoms with Crippen LogP contribution in [0.5, 0.6) is 0 Å². The Morgan fingerprint density at radius 1 is 0.600 bits per heavy atom. The fourth-order valence-corrected chi connectivity index (χ4v) is 41.3. The van der Waals surface area contributed by atoms with Gasteiger partial charge in [0.1, 0.15) is 0 Å². The Kier molecular flexibility index (Phi) is 6.79. The van der Waals surface area contributed by atoms with E-state index in [4.69, 9.17) is 0 Å². The van der Waals surface area contributed by atoms with Gasteiger partial charge < -0.3 is 0 Å². The van der Waals surface area contributed by atoms with Crippen LogP contribution in [0.1, 0.15) is 56.2 Å². The molecule has 30 heavy (non-hydrogen) atoms. The van der Waals surface area contributed by atoms with E-state index in [0.29, 0.717) is 0 Å². The maximum absolute atomic E-state index is 2.74. The van der Waals surface area contributed by atoms with Gasteiger partial charge in [0.2, 0.25) is 0 Å². The first-order valence-electron chi connectivity index (χ1n) is 11.9. The van der Waals surface area contributed by atoms with Gasteiger partial charge in [0.15, 0.2) is 0 Å². The van der Waals surface area contributed by atoms with Crippen LogP contribution in [-0.2, 0) is 40.5 Å². The molecule has 2 aromatic carbocycles. The van der Waals surface area contributed by atoms with Gasteiger partial charge >= 0.3 is 195 Å². The summed E-state index contributed by atoms with van der Waals surface area (Å²) in [5, 5.41) is 0. The number of allylic oxidation sites excluding steroid dienone is 2. The summed E-state index contributed by atoms with van der Waals surface area (Å²) in [5.41, 5.74) is 9.78. The Bertz CT molecular complexity index is 912. The molecule has 0 fully saturated rings. The Morgan fingerprint density at radius 2 is 0.967 bits per heavy atom. The minimum atomic E-state index is -2.31. The third-order valence-corrected chi connectivity index (χ3v) is 29.5. The first-order valence-corrected chi connectivity index (χ1v) is 28.0. The Labute approximate surface area is 193 Å². The summed E-state index contributed by atoms with van der Waals surface area (Å²) < 4.78 is 15.6. The topological polar surface area (TPSA) is 0 Å². The van der Waals surface area contributed by atoms with Crippen molar-refractivity contribution in [1.82, 2.24) is 0 Å². The molecule has 0 aliphatic heterocycles. The molecule has 0 spiro atoms. The molecule has 2 unspecified atom stereocenters. The average Bonchev–Trinajstić information content (AvgIpc) is 3.31. The van der Waals surface area contributed by atoms with E-state index < -0.39 is 40.5 Å². The van der Waals surface area contributed by atoms with E-state index in [1.54, 1.807) is 30.5 Å². The van der Waals surface area contributed by atoms with E-state index in [0.717, 1.165) is 7.25 Å². The van der Waals surface area contributed by atoms with E-state index in [9.17, 15) is 0 Å². The van der Waals surface area contributed by atoms with Crippen molar-refractivity contribution in [3.05, 3.63) is 81.9 Å². The molecular weight excluding hydrogens is 519 g/mol. The monoisotopic (exact) mass is 554 g/mol. The van der Waals surface area contributed by atoms with Crippen LogP contribution in [0.4, 0.5) is 0 Å². The van der Waals surface area contributed by atoms with Crippen molar-refractivity contribution in [3.63, 3.8) is 0 Å². The van der Waals surface area contributed by atoms with Crippen LogP contribution in [-0.4, -0.2) is 0 Å². The second-order valence-corrected chi connectivity index (χ2v) is 35.6. The third kappa shape index (κ3) is 4.18. The zero-order valence-electron chi connectivity index (χ0n) is 19.8. The predicted octanol–water partition coefficient (Wildman–Crippen LogP) is 9.42. The summed E-state index contributed by atoms with van der Waals surface area (Å²) in [4.78, 5) is 0. The second kappa shape index (κ2) is 8.91. The van der Waals surface area contributed by atoms with E-state index >= 15 is 0 Å². The molecule has 0 N–H and O–H groups in total. The fourth-order valence-electron chi connectivity index (χ4n) is 6.17. The first-order chi connectivity index (χ1) is 14.3. The number of fused-ring (bicyclic) bond motifs is 2. The Morgan fingerprint density at radius 3 is 1.33 bits per heavy atom. The second-order valence-electron chi connectivity index (χ2n) is 10.7. The van der Waals surface area contributed by atoms with Crippen molar-refractivity contribution in [2.24, 2.45) is 0 Å². The predicted molar refractivity (Wildman–Crippen MR) is 128 cm³/mol. The van der Waals surface area contributed by atoms with E-state index in [1.165, 1.54) is 24.0 Å². The van der Waals surface area contributed by atoms with Gasteiger partial charge in [-0.1, -0.05) is 0 Å². The van der Waals surface area contributed by atoms with Gasteiger partial charge in [0.25, 0.3) is 0 Å². The third-order valence-electron chi connectivity index (χ3n) is 7.83. The summed E-state index contributed by atoms with van der Waals surface area (Å²) in [6.07, 6.45) is 7.48. The summed E-state index contributed by atoms with van der Waals surface area (Å²) in [5.74, 6) is 0. The molecule has 0 bridgehead atoms. The van der Waals surface area contributed by atoms with Gasteiger partial charge in [-0.2, -0.15) is 0 Å². The van der Waals surface area contributed by atoms with Crippen LogP contribution in [0.2, 0.25) is 26.8 Å². The van der Waals surface area contributed by atoms with Crippen molar-refractivity contribution < 1.29 is 40.5 Å². The molecular formula is C28H38Zr2. The van der Waals surface area contributed by atoms with E-state index in [2.05, 4.69) is 93.1 Å². The average molecular weight is 557 g/mol. The molecule has 0 nitrogen and oxygen atoms in total. The zero-order chi connectivity index (χ0) is 21.5. The molecule has 2 atom stereocenters. The van der Waals surface area contributed by atoms with Crippen LogP contribution in [0.3, 0.4) is 0 Å². The van der Waals surface area contributed by atoms with Crippen LogP contribution in [0.15, 0.2) is 59.7 Å². The summed E-state index contributed by atoms with van der Waals surface area (Å²) in [7, 11) is 0. The molecule has 0 saturated carbocycles. The molecule has 0 aromatic heterocycles. The van der Waals surface area contributed by atoms with Crippen LogP contribution in [0, 0.1) is 0 Å². The zero-order valence-corrected chi connectivity index (χ0v) is 24.7. The van der Waals surface area contributed by atoms with Gasteiger partial charge in [0.05, 0.1) is 0 Å². The number of rotatable bonds is 7. The molecule has 2 aliphatic rings. The van der Waals surface area contributed by atoms with Gasteiger partial charge in [-0.25, -0.2) is 0 Å². The maximum atomic E-state index is 2.74. The molecule has 2 aliphatic carbocycles. The molecule has 0 amide bonds. The fraction of sp³-hybridized carbons (Fsp3) is 0.429. The van der Waals surface area contributed by atoms with Crippen molar-refractivity contribution >= 4 is 12.2 Å². The van der Waals surface area contributed by atoms with Crippen molar-refractivity contribution in [2.45, 2.75) is 60.7 Å². The van der Waals surface area contributed by atoms with Gasteiger partial charge in [-0.3, -0.25) is 0 Å². The quantitative estimate of drug-likeness (QED) is 0.318. The Balaban J connectivity index is 1.58. The van der Waals surface area contributed by atoms with E-state index in [1.807, 2.05) is 0 Å². The molecule has 0 saturated heterocycles. The standard InChI is InChI=1S/2C11H11.C2H4.4CH3.2Zr/c2*1-2-9-7-10-5-3-4-6-11(10)8-9;1-2;;;;;;/h2*3-8H,2H2,1H3;1-2H2;4*1H3;;. The SMILES string of the molecule is CCC1=Cc2ccccc2[CH]1[Zr]([CH3])([CH3])[CH2][CH2][Zr]([CH3])([CH3])[CH]1C(CC)=Cc2ccccc21. The molecule has 0 radical (unpaired) electrons. The van der Waals surface area contributed by atoms with Crippen molar-refractivity contribution in [1.29, 1.82) is 0 Å². The van der Waals surface area contributed by atoms with Crippen LogP contribution in [0.25, 0.3) is 12.2 Å². The van der Waals surface area contributed by atoms with Gasteiger partial charge in [-0.15, -0.1) is 0 Å². The summed E-state index contributed by atoms with van der Waals surface area (Å²) in [6.45, 7) is 4.73. The molecule has 2 heteroatoms. The van der Waals surface area contributed by atoms with E-state index in [-0.39, 0.29) is 0 Å². The first kappa shape index (κ1) is 22.9. The minimum absolute atomic E-state index is 0.791. The number of hydrogen-bond acceptors (Lipinski definition) is 0. The van der Waals surface area contributed by atoms with Gasteiger partial charge in [-0.05, 0) is 0 Å². The number of hydrogen-bond donors (Lipinski definition) is 0. The molecule has 158 valence electrons. The molecule has 0 heterocycles. The molecule has 2 aromatic rings. The molecule has 4 rings (SSSR count). The van der Waals surface area contributed by atoms with Crippen LogP contribution < -0.4 is 0 Å². The summed E-state index contributed by atoms with van der Waals surface area (Å²) >= 11 is -4.62. The van der Waals surface area contributed by atoms with Crippen molar-refractivity contribution in [2.75, 3.05) is 0 Å². The Hall–Kier alpha value is -0.314. The summed E-state index contributed by atoms with van der Waals surface area (Å²) in [6, 6.07) is 18.5. The van der Waals surface area contributed by atoms with Crippen molar-refractivity contribution in [3.8, 4) is 0 Å². The van der Waals surface area contributed by atoms with Crippen LogP contribution >= 0.6 is 0 Å². The normalized spacial score (nSPS) is 20.6. The number of benzene rings is 2. The van der Waals surface area contributed by atoms with Gasteiger partial charge in [0, 0.05) is 0 Å².